The van der Waals surface area contributed by atoms with Gasteiger partial charge in [-0.3, -0.25) is 0 Å². The molecular formula is C14H10ClFN2S. The molecule has 0 aromatic heterocycles. The fourth-order valence-corrected chi connectivity index (χ4v) is 2.69. The normalized spacial score (nSPS) is 10.2. The summed E-state index contributed by atoms with van der Waals surface area (Å²) >= 11 is 7.36. The van der Waals surface area contributed by atoms with Crippen molar-refractivity contribution in [1.82, 2.24) is 0 Å². The van der Waals surface area contributed by atoms with E-state index < -0.39 is 5.82 Å². The Bertz CT molecular complexity index is 652. The highest BCUT2D eigenvalue weighted by molar-refractivity contribution is 7.98. The minimum atomic E-state index is -0.459. The van der Waals surface area contributed by atoms with Crippen LogP contribution in [0, 0.1) is 17.1 Å². The summed E-state index contributed by atoms with van der Waals surface area (Å²) in [6.45, 7) is 0. The number of hydrogen-bond donors (Lipinski definition) is 1. The van der Waals surface area contributed by atoms with Gasteiger partial charge in [0.05, 0.1) is 16.3 Å². The molecule has 2 aromatic rings. The summed E-state index contributed by atoms with van der Waals surface area (Å²) in [6, 6.07) is 11.9. The second-order valence-corrected chi connectivity index (χ2v) is 5.32. The maximum absolute atomic E-state index is 13.8. The average molecular weight is 293 g/mol. The zero-order chi connectivity index (χ0) is 13.8. The fourth-order valence-electron chi connectivity index (χ4n) is 1.54. The van der Waals surface area contributed by atoms with Gasteiger partial charge in [0.1, 0.15) is 11.9 Å². The molecule has 2 aromatic carbocycles. The van der Waals surface area contributed by atoms with Gasteiger partial charge < -0.3 is 5.73 Å². The highest BCUT2D eigenvalue weighted by Gasteiger charge is 2.08. The average Bonchev–Trinajstić information content (AvgIpc) is 2.41. The third kappa shape index (κ3) is 3.19. The predicted molar refractivity (Wildman–Crippen MR) is 76.5 cm³/mol. The minimum absolute atomic E-state index is 0.0634. The molecule has 5 heteroatoms. The van der Waals surface area contributed by atoms with Crippen molar-refractivity contribution in [2.75, 3.05) is 5.73 Å². The summed E-state index contributed by atoms with van der Waals surface area (Å²) in [5, 5.41) is 9.25. The van der Waals surface area contributed by atoms with E-state index in [4.69, 9.17) is 22.6 Å². The highest BCUT2D eigenvalue weighted by Crippen LogP contribution is 2.29. The smallest absolute Gasteiger partial charge is 0.144 e. The Kier molecular flexibility index (Phi) is 4.31. The molecule has 0 amide bonds. The van der Waals surface area contributed by atoms with Crippen molar-refractivity contribution in [1.29, 1.82) is 5.26 Å². The van der Waals surface area contributed by atoms with Crippen molar-refractivity contribution < 1.29 is 4.39 Å². The first-order chi connectivity index (χ1) is 9.11. The Morgan fingerprint density at radius 1 is 1.32 bits per heavy atom. The third-order valence-corrected chi connectivity index (χ3v) is 3.94. The minimum Gasteiger partial charge on any atom is -0.398 e. The zero-order valence-electron chi connectivity index (χ0n) is 9.86. The van der Waals surface area contributed by atoms with Gasteiger partial charge in [-0.05, 0) is 29.8 Å². The van der Waals surface area contributed by atoms with E-state index in [9.17, 15) is 4.39 Å². The number of rotatable bonds is 3. The van der Waals surface area contributed by atoms with Gasteiger partial charge in [0.15, 0.2) is 0 Å². The SMILES string of the molecule is N#Cc1cccc(CSc2ccc(N)c(Cl)c2)c1F. The molecule has 19 heavy (non-hydrogen) atoms. The Morgan fingerprint density at radius 2 is 2.11 bits per heavy atom. The molecular weight excluding hydrogens is 283 g/mol. The first-order valence-corrected chi connectivity index (χ1v) is 6.83. The van der Waals surface area contributed by atoms with Crippen LogP contribution in [0.3, 0.4) is 0 Å². The molecule has 96 valence electrons. The van der Waals surface area contributed by atoms with Crippen LogP contribution in [0.15, 0.2) is 41.3 Å². The molecule has 0 bridgehead atoms. The van der Waals surface area contributed by atoms with Crippen molar-refractivity contribution >= 4 is 29.1 Å². The van der Waals surface area contributed by atoms with Gasteiger partial charge >= 0.3 is 0 Å². The predicted octanol–water partition coefficient (Wildman–Crippen LogP) is 4.23. The van der Waals surface area contributed by atoms with E-state index in [1.807, 2.05) is 12.1 Å². The number of halogens is 2. The molecule has 0 fully saturated rings. The van der Waals surface area contributed by atoms with Crippen molar-refractivity contribution in [3.8, 4) is 6.07 Å². The molecule has 2 nitrogen and oxygen atoms in total. The van der Waals surface area contributed by atoms with Crippen molar-refractivity contribution in [3.63, 3.8) is 0 Å². The Morgan fingerprint density at radius 3 is 2.79 bits per heavy atom. The molecule has 0 saturated heterocycles. The lowest BCUT2D eigenvalue weighted by molar-refractivity contribution is 0.613. The number of nitrogen functional groups attached to an aromatic ring is 1. The molecule has 2 rings (SSSR count). The third-order valence-electron chi connectivity index (χ3n) is 2.57. The van der Waals surface area contributed by atoms with Gasteiger partial charge in [0, 0.05) is 10.6 Å². The van der Waals surface area contributed by atoms with Gasteiger partial charge in [0.2, 0.25) is 0 Å². The molecule has 0 aliphatic rings. The van der Waals surface area contributed by atoms with E-state index in [-0.39, 0.29) is 5.56 Å². The molecule has 0 unspecified atom stereocenters. The Hall–Kier alpha value is -1.70. The van der Waals surface area contributed by atoms with Gasteiger partial charge in [-0.2, -0.15) is 5.26 Å². The number of anilines is 1. The Balaban J connectivity index is 2.15. The van der Waals surface area contributed by atoms with Crippen LogP contribution in [-0.2, 0) is 5.75 Å². The number of hydrogen-bond acceptors (Lipinski definition) is 3. The molecule has 0 aliphatic carbocycles. The quantitative estimate of drug-likeness (QED) is 0.680. The van der Waals surface area contributed by atoms with Crippen LogP contribution in [-0.4, -0.2) is 0 Å². The van der Waals surface area contributed by atoms with Crippen LogP contribution in [0.1, 0.15) is 11.1 Å². The maximum Gasteiger partial charge on any atom is 0.144 e. The van der Waals surface area contributed by atoms with Crippen LogP contribution in [0.2, 0.25) is 5.02 Å². The number of nitriles is 1. The molecule has 0 radical (unpaired) electrons. The lowest BCUT2D eigenvalue weighted by atomic mass is 10.1. The number of nitrogens with zero attached hydrogens (tertiary/aromatic N) is 1. The summed E-state index contributed by atoms with van der Waals surface area (Å²) in [7, 11) is 0. The largest absolute Gasteiger partial charge is 0.398 e. The number of thioether (sulfide) groups is 1. The summed E-state index contributed by atoms with van der Waals surface area (Å²) in [5.41, 5.74) is 6.70. The van der Waals surface area contributed by atoms with Gasteiger partial charge in [-0.1, -0.05) is 23.7 Å². The highest BCUT2D eigenvalue weighted by atomic mass is 35.5. The lowest BCUT2D eigenvalue weighted by Crippen LogP contribution is -1.92. The second kappa shape index (κ2) is 5.96. The van der Waals surface area contributed by atoms with Gasteiger partial charge in [-0.15, -0.1) is 11.8 Å². The molecule has 0 atom stereocenters. The van der Waals surface area contributed by atoms with E-state index in [0.717, 1.165) is 4.90 Å². The van der Waals surface area contributed by atoms with Crippen LogP contribution < -0.4 is 5.73 Å². The maximum atomic E-state index is 13.8. The van der Waals surface area contributed by atoms with Crippen molar-refractivity contribution in [3.05, 3.63) is 58.4 Å². The van der Waals surface area contributed by atoms with Gasteiger partial charge in [0.25, 0.3) is 0 Å². The van der Waals surface area contributed by atoms with Crippen molar-refractivity contribution in [2.24, 2.45) is 0 Å². The molecule has 0 spiro atoms. The first-order valence-electron chi connectivity index (χ1n) is 5.47. The van der Waals surface area contributed by atoms with E-state index in [1.165, 1.54) is 17.8 Å². The number of benzene rings is 2. The molecule has 0 aliphatic heterocycles. The van der Waals surface area contributed by atoms with E-state index in [2.05, 4.69) is 0 Å². The summed E-state index contributed by atoms with van der Waals surface area (Å²) in [4.78, 5) is 0.904. The van der Waals surface area contributed by atoms with Crippen LogP contribution >= 0.6 is 23.4 Å². The lowest BCUT2D eigenvalue weighted by Gasteiger charge is -2.06. The topological polar surface area (TPSA) is 49.8 Å². The standard InChI is InChI=1S/C14H10ClFN2S/c15-12-6-11(4-5-13(12)18)19-8-10-3-1-2-9(7-17)14(10)16/h1-6H,8,18H2. The zero-order valence-corrected chi connectivity index (χ0v) is 11.4. The molecule has 2 N–H and O–H groups in total. The molecule has 0 saturated carbocycles. The van der Waals surface area contributed by atoms with Crippen LogP contribution in [0.4, 0.5) is 10.1 Å². The van der Waals surface area contributed by atoms with E-state index in [1.54, 1.807) is 24.3 Å². The second-order valence-electron chi connectivity index (χ2n) is 3.86. The fraction of sp³-hybridized carbons (Fsp3) is 0.0714. The van der Waals surface area contributed by atoms with E-state index >= 15 is 0 Å². The summed E-state index contributed by atoms with van der Waals surface area (Å²) in [6.07, 6.45) is 0. The molecule has 0 heterocycles. The monoisotopic (exact) mass is 292 g/mol. The van der Waals surface area contributed by atoms with Crippen LogP contribution in [0.25, 0.3) is 0 Å². The van der Waals surface area contributed by atoms with Crippen LogP contribution in [0.5, 0.6) is 0 Å². The number of nitrogens with two attached hydrogens (primary N) is 1. The summed E-state index contributed by atoms with van der Waals surface area (Å²) < 4.78 is 13.8. The van der Waals surface area contributed by atoms with Gasteiger partial charge in [-0.25, -0.2) is 4.39 Å². The summed E-state index contributed by atoms with van der Waals surface area (Å²) in [5.74, 6) is -0.0271. The van der Waals surface area contributed by atoms with Crippen molar-refractivity contribution in [2.45, 2.75) is 10.6 Å². The Labute approximate surface area is 120 Å². The first kappa shape index (κ1) is 13.7. The van der Waals surface area contributed by atoms with E-state index in [0.29, 0.717) is 22.0 Å².